The molecule has 1 unspecified atom stereocenters. The quantitative estimate of drug-likeness (QED) is 0.843. The summed E-state index contributed by atoms with van der Waals surface area (Å²) in [7, 11) is 1.72. The van der Waals surface area contributed by atoms with Crippen molar-refractivity contribution in [3.63, 3.8) is 0 Å². The Balaban J connectivity index is 1.97. The Morgan fingerprint density at radius 1 is 1.67 bits per heavy atom. The second-order valence-electron chi connectivity index (χ2n) is 4.26. The van der Waals surface area contributed by atoms with Gasteiger partial charge in [0, 0.05) is 25.7 Å². The lowest BCUT2D eigenvalue weighted by molar-refractivity contribution is 0.0934. The highest BCUT2D eigenvalue weighted by Crippen LogP contribution is 2.09. The van der Waals surface area contributed by atoms with Crippen LogP contribution in [0.25, 0.3) is 0 Å². The molecule has 6 heteroatoms. The van der Waals surface area contributed by atoms with Crippen LogP contribution in [-0.2, 0) is 13.5 Å². The zero-order chi connectivity index (χ0) is 13.1. The van der Waals surface area contributed by atoms with E-state index in [1.165, 1.54) is 4.68 Å². The molecule has 0 aliphatic rings. The molecule has 2 heterocycles. The van der Waals surface area contributed by atoms with Gasteiger partial charge in [0.15, 0.2) is 5.69 Å². The van der Waals surface area contributed by atoms with Crippen molar-refractivity contribution in [2.45, 2.75) is 19.4 Å². The van der Waals surface area contributed by atoms with Gasteiger partial charge in [0.05, 0.1) is 12.0 Å². The van der Waals surface area contributed by atoms with E-state index in [-0.39, 0.29) is 17.6 Å². The fourth-order valence-corrected chi connectivity index (χ4v) is 1.76. The first-order chi connectivity index (χ1) is 8.56. The molecule has 2 rings (SSSR count). The number of rotatable bonds is 4. The van der Waals surface area contributed by atoms with Crippen LogP contribution in [0.5, 0.6) is 0 Å². The summed E-state index contributed by atoms with van der Waals surface area (Å²) in [6, 6.07) is 3.64. The number of aryl methyl sites for hydroxylation is 1. The summed E-state index contributed by atoms with van der Waals surface area (Å²) in [5, 5.41) is 6.85. The Kier molecular flexibility index (Phi) is 3.36. The second-order valence-corrected chi connectivity index (χ2v) is 4.26. The maximum Gasteiger partial charge on any atom is 0.274 e. The molecule has 2 aromatic heterocycles. The predicted molar refractivity (Wildman–Crippen MR) is 67.0 cm³/mol. The van der Waals surface area contributed by atoms with Crippen LogP contribution in [0.1, 0.15) is 23.2 Å². The zero-order valence-electron chi connectivity index (χ0n) is 10.4. The first-order valence-corrected chi connectivity index (χ1v) is 5.68. The van der Waals surface area contributed by atoms with Crippen LogP contribution in [0, 0.1) is 0 Å². The third-order valence-corrected chi connectivity index (χ3v) is 2.54. The van der Waals surface area contributed by atoms with Crippen LogP contribution in [0.3, 0.4) is 0 Å². The van der Waals surface area contributed by atoms with Crippen molar-refractivity contribution in [3.05, 3.63) is 36.0 Å². The molecule has 0 radical (unpaired) electrons. The van der Waals surface area contributed by atoms with Gasteiger partial charge in [0.1, 0.15) is 5.76 Å². The van der Waals surface area contributed by atoms with Gasteiger partial charge in [-0.25, -0.2) is 0 Å². The molecule has 0 fully saturated rings. The van der Waals surface area contributed by atoms with E-state index in [1.54, 1.807) is 19.5 Å². The van der Waals surface area contributed by atoms with Crippen LogP contribution >= 0.6 is 0 Å². The third-order valence-electron chi connectivity index (χ3n) is 2.54. The molecule has 18 heavy (non-hydrogen) atoms. The number of amides is 1. The maximum atomic E-state index is 11.9. The molecule has 1 atom stereocenters. The van der Waals surface area contributed by atoms with Crippen molar-refractivity contribution in [3.8, 4) is 0 Å². The molecule has 1 amide bonds. The lowest BCUT2D eigenvalue weighted by Crippen LogP contribution is -2.34. The predicted octanol–water partition coefficient (Wildman–Crippen LogP) is 0.956. The third kappa shape index (κ3) is 2.71. The fraction of sp³-hybridized carbons (Fsp3) is 0.333. The first-order valence-electron chi connectivity index (χ1n) is 5.68. The highest BCUT2D eigenvalue weighted by Gasteiger charge is 2.16. The maximum absolute atomic E-state index is 11.9. The van der Waals surface area contributed by atoms with Crippen LogP contribution < -0.4 is 11.1 Å². The van der Waals surface area contributed by atoms with Crippen LogP contribution in [0.2, 0.25) is 0 Å². The Labute approximate surface area is 105 Å². The van der Waals surface area contributed by atoms with Crippen molar-refractivity contribution in [2.75, 3.05) is 5.73 Å². The lowest BCUT2D eigenvalue weighted by atomic mass is 10.2. The van der Waals surface area contributed by atoms with Gasteiger partial charge in [-0.1, -0.05) is 0 Å². The van der Waals surface area contributed by atoms with E-state index < -0.39 is 0 Å². The summed E-state index contributed by atoms with van der Waals surface area (Å²) in [6.07, 6.45) is 3.85. The Hall–Kier alpha value is -2.24. The average Bonchev–Trinajstić information content (AvgIpc) is 2.88. The molecule has 0 saturated carbocycles. The van der Waals surface area contributed by atoms with E-state index in [2.05, 4.69) is 10.4 Å². The summed E-state index contributed by atoms with van der Waals surface area (Å²) in [4.78, 5) is 11.9. The van der Waals surface area contributed by atoms with Crippen molar-refractivity contribution >= 4 is 11.6 Å². The summed E-state index contributed by atoms with van der Waals surface area (Å²) in [5.41, 5.74) is 6.32. The average molecular weight is 248 g/mol. The summed E-state index contributed by atoms with van der Waals surface area (Å²) in [6.45, 7) is 1.90. The number of nitrogens with zero attached hydrogens (tertiary/aromatic N) is 2. The van der Waals surface area contributed by atoms with Crippen molar-refractivity contribution < 1.29 is 9.21 Å². The zero-order valence-corrected chi connectivity index (χ0v) is 10.4. The van der Waals surface area contributed by atoms with E-state index in [0.29, 0.717) is 12.1 Å². The fourth-order valence-electron chi connectivity index (χ4n) is 1.76. The molecular formula is C12H16N4O2. The molecule has 6 nitrogen and oxygen atoms in total. The molecule has 0 aliphatic carbocycles. The number of hydrogen-bond acceptors (Lipinski definition) is 4. The van der Waals surface area contributed by atoms with Crippen molar-refractivity contribution in [2.24, 2.45) is 7.05 Å². The van der Waals surface area contributed by atoms with Crippen LogP contribution in [0.15, 0.2) is 29.0 Å². The van der Waals surface area contributed by atoms with E-state index >= 15 is 0 Å². The molecule has 0 bridgehead atoms. The van der Waals surface area contributed by atoms with Gasteiger partial charge in [-0.15, -0.1) is 0 Å². The highest BCUT2D eigenvalue weighted by atomic mass is 16.3. The summed E-state index contributed by atoms with van der Waals surface area (Å²) >= 11 is 0. The van der Waals surface area contributed by atoms with E-state index in [0.717, 1.165) is 5.76 Å². The molecule has 3 N–H and O–H groups in total. The largest absolute Gasteiger partial charge is 0.469 e. The Morgan fingerprint density at radius 3 is 3.00 bits per heavy atom. The Bertz CT molecular complexity index is 530. The highest BCUT2D eigenvalue weighted by molar-refractivity contribution is 5.97. The van der Waals surface area contributed by atoms with Crippen LogP contribution in [0.4, 0.5) is 5.69 Å². The van der Waals surface area contributed by atoms with Gasteiger partial charge in [-0.05, 0) is 19.1 Å². The number of furan rings is 1. The molecule has 0 aliphatic heterocycles. The molecule has 2 aromatic rings. The van der Waals surface area contributed by atoms with E-state index in [4.69, 9.17) is 10.2 Å². The number of hydrogen-bond donors (Lipinski definition) is 2. The van der Waals surface area contributed by atoms with Gasteiger partial charge >= 0.3 is 0 Å². The molecule has 0 saturated heterocycles. The first kappa shape index (κ1) is 12.2. The van der Waals surface area contributed by atoms with Gasteiger partial charge in [0.2, 0.25) is 0 Å². The minimum Gasteiger partial charge on any atom is -0.469 e. The van der Waals surface area contributed by atoms with Gasteiger partial charge in [-0.3, -0.25) is 9.48 Å². The van der Waals surface area contributed by atoms with E-state index in [9.17, 15) is 4.79 Å². The minimum absolute atomic E-state index is 0.0509. The van der Waals surface area contributed by atoms with Gasteiger partial charge < -0.3 is 15.5 Å². The smallest absolute Gasteiger partial charge is 0.274 e. The molecule has 0 aromatic carbocycles. The number of aromatic nitrogens is 2. The van der Waals surface area contributed by atoms with E-state index in [1.807, 2.05) is 19.1 Å². The number of carbonyl (C=O) groups excluding carboxylic acids is 1. The normalized spacial score (nSPS) is 12.3. The minimum atomic E-state index is -0.271. The van der Waals surface area contributed by atoms with Gasteiger partial charge in [0.25, 0.3) is 5.91 Å². The second kappa shape index (κ2) is 4.95. The SMILES string of the molecule is CC(Cc1ccco1)NC(=O)c1nn(C)cc1N. The lowest BCUT2D eigenvalue weighted by Gasteiger charge is -2.11. The summed E-state index contributed by atoms with van der Waals surface area (Å²) < 4.78 is 6.74. The standard InChI is InChI=1S/C12H16N4O2/c1-8(6-9-4-3-5-18-9)14-12(17)11-10(13)7-16(2)15-11/h3-5,7-8H,6,13H2,1-2H3,(H,14,17). The topological polar surface area (TPSA) is 86.1 Å². The number of carbonyl (C=O) groups is 1. The van der Waals surface area contributed by atoms with Crippen LogP contribution in [-0.4, -0.2) is 21.7 Å². The monoisotopic (exact) mass is 248 g/mol. The molecule has 96 valence electrons. The number of anilines is 1. The molecule has 0 spiro atoms. The number of nitrogen functional groups attached to an aromatic ring is 1. The number of nitrogens with one attached hydrogen (secondary N) is 1. The van der Waals surface area contributed by atoms with Crippen molar-refractivity contribution in [1.82, 2.24) is 15.1 Å². The summed E-state index contributed by atoms with van der Waals surface area (Å²) in [5.74, 6) is 0.559. The molecular weight excluding hydrogens is 232 g/mol. The number of nitrogens with two attached hydrogens (primary N) is 1. The Morgan fingerprint density at radius 2 is 2.44 bits per heavy atom. The van der Waals surface area contributed by atoms with Crippen molar-refractivity contribution in [1.29, 1.82) is 0 Å². The van der Waals surface area contributed by atoms with Gasteiger partial charge in [-0.2, -0.15) is 5.10 Å².